The zero-order valence-corrected chi connectivity index (χ0v) is 11.9. The van der Waals surface area contributed by atoms with Crippen molar-refractivity contribution in [3.05, 3.63) is 59.9 Å². The first kappa shape index (κ1) is 15.0. The highest BCUT2D eigenvalue weighted by molar-refractivity contribution is 7.92. The lowest BCUT2D eigenvalue weighted by molar-refractivity contribution is 0.319. The van der Waals surface area contributed by atoms with Crippen LogP contribution in [0.5, 0.6) is 0 Å². The van der Waals surface area contributed by atoms with E-state index >= 15 is 0 Å². The Morgan fingerprint density at radius 3 is 2.57 bits per heavy atom. The average Bonchev–Trinajstić information content (AvgIpc) is 2.46. The van der Waals surface area contributed by atoms with Gasteiger partial charge in [0.2, 0.25) is 0 Å². The molecule has 110 valence electrons. The Morgan fingerprint density at radius 2 is 1.90 bits per heavy atom. The van der Waals surface area contributed by atoms with Crippen LogP contribution >= 0.6 is 0 Å². The molecule has 0 bridgehead atoms. The lowest BCUT2D eigenvalue weighted by Crippen LogP contribution is -2.15. The van der Waals surface area contributed by atoms with Crippen LogP contribution in [0.1, 0.15) is 12.5 Å². The molecule has 2 aromatic rings. The molecule has 2 rings (SSSR count). The zero-order valence-electron chi connectivity index (χ0n) is 11.1. The van der Waals surface area contributed by atoms with Crippen molar-refractivity contribution in [3.8, 4) is 0 Å². The second-order valence-corrected chi connectivity index (χ2v) is 5.98. The van der Waals surface area contributed by atoms with Crippen LogP contribution in [0.2, 0.25) is 0 Å². The SMILES string of the molecule is C/C(=N\O)c1ccccc1NS(=O)(=O)c1cccc(F)c1. The van der Waals surface area contributed by atoms with Crippen LogP contribution in [0.4, 0.5) is 10.1 Å². The fraction of sp³-hybridized carbons (Fsp3) is 0.0714. The second-order valence-electron chi connectivity index (χ2n) is 4.29. The quantitative estimate of drug-likeness (QED) is 0.518. The highest BCUT2D eigenvalue weighted by atomic mass is 32.2. The Morgan fingerprint density at radius 1 is 1.19 bits per heavy atom. The number of para-hydroxylation sites is 1. The third kappa shape index (κ3) is 3.38. The number of oxime groups is 1. The molecular formula is C14H13FN2O3S. The van der Waals surface area contributed by atoms with Crippen molar-refractivity contribution in [1.29, 1.82) is 0 Å². The van der Waals surface area contributed by atoms with E-state index in [2.05, 4.69) is 9.88 Å². The van der Waals surface area contributed by atoms with Gasteiger partial charge < -0.3 is 5.21 Å². The minimum atomic E-state index is -3.93. The largest absolute Gasteiger partial charge is 0.411 e. The first-order chi connectivity index (χ1) is 9.94. The van der Waals surface area contributed by atoms with Crippen LogP contribution in [-0.4, -0.2) is 19.3 Å². The summed E-state index contributed by atoms with van der Waals surface area (Å²) in [4.78, 5) is -0.184. The van der Waals surface area contributed by atoms with E-state index in [0.717, 1.165) is 12.1 Å². The number of halogens is 1. The summed E-state index contributed by atoms with van der Waals surface area (Å²) in [5, 5.41) is 11.9. The minimum Gasteiger partial charge on any atom is -0.411 e. The summed E-state index contributed by atoms with van der Waals surface area (Å²) in [6.07, 6.45) is 0. The number of nitrogens with one attached hydrogen (secondary N) is 1. The maximum absolute atomic E-state index is 13.2. The molecule has 0 atom stereocenters. The van der Waals surface area contributed by atoms with E-state index in [0.29, 0.717) is 5.56 Å². The molecule has 0 amide bonds. The van der Waals surface area contributed by atoms with Gasteiger partial charge in [-0.1, -0.05) is 29.4 Å². The first-order valence-corrected chi connectivity index (χ1v) is 7.49. The number of anilines is 1. The van der Waals surface area contributed by atoms with Crippen LogP contribution < -0.4 is 4.72 Å². The third-order valence-electron chi connectivity index (χ3n) is 2.82. The molecule has 0 fully saturated rings. The number of sulfonamides is 1. The topological polar surface area (TPSA) is 78.8 Å². The summed E-state index contributed by atoms with van der Waals surface area (Å²) < 4.78 is 40.0. The van der Waals surface area contributed by atoms with Crippen molar-refractivity contribution in [2.75, 3.05) is 4.72 Å². The molecule has 2 N–H and O–H groups in total. The molecule has 7 heteroatoms. The Kier molecular flexibility index (Phi) is 4.23. The molecular weight excluding hydrogens is 295 g/mol. The summed E-state index contributed by atoms with van der Waals surface area (Å²) >= 11 is 0. The molecule has 5 nitrogen and oxygen atoms in total. The third-order valence-corrected chi connectivity index (χ3v) is 4.18. The van der Waals surface area contributed by atoms with Crippen LogP contribution in [-0.2, 0) is 10.0 Å². The first-order valence-electron chi connectivity index (χ1n) is 6.00. The van der Waals surface area contributed by atoms with Gasteiger partial charge in [0.25, 0.3) is 10.0 Å². The summed E-state index contributed by atoms with van der Waals surface area (Å²) in [6, 6.07) is 11.2. The van der Waals surface area contributed by atoms with Gasteiger partial charge in [-0.3, -0.25) is 4.72 Å². The zero-order chi connectivity index (χ0) is 15.5. The van der Waals surface area contributed by atoms with Gasteiger partial charge in [0.05, 0.1) is 16.3 Å². The van der Waals surface area contributed by atoms with Crippen LogP contribution in [0, 0.1) is 5.82 Å². The molecule has 0 saturated heterocycles. The number of nitrogens with zero attached hydrogens (tertiary/aromatic N) is 1. The molecule has 0 spiro atoms. The number of rotatable bonds is 4. The fourth-order valence-electron chi connectivity index (χ4n) is 1.78. The van der Waals surface area contributed by atoms with Crippen LogP contribution in [0.25, 0.3) is 0 Å². The predicted octanol–water partition coefficient (Wildman–Crippen LogP) is 2.82. The van der Waals surface area contributed by atoms with Gasteiger partial charge in [-0.15, -0.1) is 0 Å². The van der Waals surface area contributed by atoms with E-state index in [1.54, 1.807) is 18.2 Å². The molecule has 0 heterocycles. The Hall–Kier alpha value is -2.41. The van der Waals surface area contributed by atoms with Crippen molar-refractivity contribution in [1.82, 2.24) is 0 Å². The molecule has 0 aromatic heterocycles. The van der Waals surface area contributed by atoms with Crippen molar-refractivity contribution < 1.29 is 18.0 Å². The van der Waals surface area contributed by atoms with Crippen LogP contribution in [0.15, 0.2) is 58.6 Å². The summed E-state index contributed by atoms with van der Waals surface area (Å²) in [5.41, 5.74) is 0.935. The molecule has 0 aliphatic carbocycles. The summed E-state index contributed by atoms with van der Waals surface area (Å²) in [6.45, 7) is 1.54. The van der Waals surface area contributed by atoms with Gasteiger partial charge >= 0.3 is 0 Å². The Balaban J connectivity index is 2.43. The van der Waals surface area contributed by atoms with E-state index in [1.165, 1.54) is 25.1 Å². The number of hydrogen-bond acceptors (Lipinski definition) is 4. The van der Waals surface area contributed by atoms with Gasteiger partial charge in [0, 0.05) is 5.56 Å². The Bertz CT molecular complexity index is 788. The minimum absolute atomic E-state index is 0.184. The molecule has 21 heavy (non-hydrogen) atoms. The average molecular weight is 308 g/mol. The lowest BCUT2D eigenvalue weighted by Gasteiger charge is -2.12. The molecule has 0 unspecified atom stereocenters. The highest BCUT2D eigenvalue weighted by Gasteiger charge is 2.17. The van der Waals surface area contributed by atoms with E-state index < -0.39 is 15.8 Å². The fourth-order valence-corrected chi connectivity index (χ4v) is 2.89. The van der Waals surface area contributed by atoms with E-state index in [1.807, 2.05) is 0 Å². The van der Waals surface area contributed by atoms with Crippen molar-refractivity contribution >= 4 is 21.4 Å². The predicted molar refractivity (Wildman–Crippen MR) is 77.6 cm³/mol. The maximum Gasteiger partial charge on any atom is 0.262 e. The standard InChI is InChI=1S/C14H13FN2O3S/c1-10(16-18)13-7-2-3-8-14(13)17-21(19,20)12-6-4-5-11(15)9-12/h2-9,17-18H,1H3/b16-10+. The lowest BCUT2D eigenvalue weighted by atomic mass is 10.1. The summed E-state index contributed by atoms with van der Waals surface area (Å²) in [5.74, 6) is -0.640. The van der Waals surface area contributed by atoms with E-state index in [-0.39, 0.29) is 16.3 Å². The molecule has 0 aliphatic heterocycles. The normalized spacial score (nSPS) is 12.2. The smallest absolute Gasteiger partial charge is 0.262 e. The van der Waals surface area contributed by atoms with Gasteiger partial charge in [0.1, 0.15) is 5.82 Å². The molecule has 0 radical (unpaired) electrons. The van der Waals surface area contributed by atoms with E-state index in [9.17, 15) is 12.8 Å². The number of hydrogen-bond donors (Lipinski definition) is 2. The second kappa shape index (κ2) is 5.92. The van der Waals surface area contributed by atoms with Gasteiger partial charge in [-0.25, -0.2) is 12.8 Å². The Labute approximate surface area is 121 Å². The maximum atomic E-state index is 13.2. The van der Waals surface area contributed by atoms with Gasteiger partial charge in [-0.05, 0) is 31.2 Å². The van der Waals surface area contributed by atoms with Crippen molar-refractivity contribution in [2.24, 2.45) is 5.16 Å². The number of benzene rings is 2. The monoisotopic (exact) mass is 308 g/mol. The van der Waals surface area contributed by atoms with Gasteiger partial charge in [-0.2, -0.15) is 0 Å². The van der Waals surface area contributed by atoms with Crippen molar-refractivity contribution in [3.63, 3.8) is 0 Å². The van der Waals surface area contributed by atoms with Gasteiger partial charge in [0.15, 0.2) is 0 Å². The molecule has 0 saturated carbocycles. The highest BCUT2D eigenvalue weighted by Crippen LogP contribution is 2.21. The summed E-state index contributed by atoms with van der Waals surface area (Å²) in [7, 11) is -3.93. The van der Waals surface area contributed by atoms with Crippen molar-refractivity contribution in [2.45, 2.75) is 11.8 Å². The molecule has 0 aliphatic rings. The van der Waals surface area contributed by atoms with Crippen LogP contribution in [0.3, 0.4) is 0 Å². The van der Waals surface area contributed by atoms with E-state index in [4.69, 9.17) is 5.21 Å². The molecule has 2 aromatic carbocycles.